The molecule has 2 N–H and O–H groups in total. The lowest BCUT2D eigenvalue weighted by Crippen LogP contribution is -2.06. The number of allylic oxidation sites excluding steroid dienone is 3. The van der Waals surface area contributed by atoms with Crippen molar-refractivity contribution in [2.45, 2.75) is 6.42 Å². The van der Waals surface area contributed by atoms with Crippen molar-refractivity contribution in [3.8, 4) is 0 Å². The Labute approximate surface area is 64.7 Å². The van der Waals surface area contributed by atoms with Gasteiger partial charge in [-0.1, -0.05) is 6.08 Å². The fraction of sp³-hybridized carbons (Fsp3) is 0.250. The second kappa shape index (κ2) is 3.93. The lowest BCUT2D eigenvalue weighted by atomic mass is 10.2. The Morgan fingerprint density at radius 3 is 2.91 bits per heavy atom. The van der Waals surface area contributed by atoms with Crippen LogP contribution in [0.15, 0.2) is 36.0 Å². The highest BCUT2D eigenvalue weighted by atomic mass is 19.1. The summed E-state index contributed by atoms with van der Waals surface area (Å²) in [5.41, 5.74) is 0.820. The van der Waals surface area contributed by atoms with Crippen LogP contribution >= 0.6 is 0 Å². The first-order valence-electron chi connectivity index (χ1n) is 3.44. The van der Waals surface area contributed by atoms with Gasteiger partial charge in [0.15, 0.2) is 0 Å². The summed E-state index contributed by atoms with van der Waals surface area (Å²) in [7, 11) is 0. The van der Waals surface area contributed by atoms with E-state index in [1.165, 1.54) is 12.3 Å². The van der Waals surface area contributed by atoms with Crippen LogP contribution in [-0.4, -0.2) is 11.7 Å². The Morgan fingerprint density at radius 1 is 1.55 bits per heavy atom. The zero-order valence-corrected chi connectivity index (χ0v) is 6.05. The molecular weight excluding hydrogens is 145 g/mol. The van der Waals surface area contributed by atoms with E-state index in [1.54, 1.807) is 12.2 Å². The van der Waals surface area contributed by atoms with Crippen LogP contribution in [0.25, 0.3) is 0 Å². The molecule has 2 nitrogen and oxygen atoms in total. The maximum Gasteiger partial charge on any atom is 0.139 e. The number of dihydropyridines is 1. The molecule has 0 unspecified atom stereocenters. The van der Waals surface area contributed by atoms with E-state index >= 15 is 0 Å². The van der Waals surface area contributed by atoms with Crippen LogP contribution in [0.4, 0.5) is 4.39 Å². The minimum absolute atomic E-state index is 0.116. The standard InChI is InChI=1S/C8H10FNO/c9-7-3-4-8(10-6-7)2-1-5-11/h2-4,6,10-11H,1,5H2/b8-2-. The zero-order chi connectivity index (χ0) is 8.10. The van der Waals surface area contributed by atoms with Crippen LogP contribution in [0, 0.1) is 0 Å². The van der Waals surface area contributed by atoms with Crippen molar-refractivity contribution in [2.24, 2.45) is 0 Å². The van der Waals surface area contributed by atoms with Crippen molar-refractivity contribution in [1.29, 1.82) is 0 Å². The molecular formula is C8H10FNO. The molecule has 0 aromatic rings. The fourth-order valence-electron chi connectivity index (χ4n) is 0.765. The molecule has 1 aliphatic heterocycles. The van der Waals surface area contributed by atoms with E-state index in [2.05, 4.69) is 5.32 Å². The van der Waals surface area contributed by atoms with Gasteiger partial charge in [-0.25, -0.2) is 4.39 Å². The summed E-state index contributed by atoms with van der Waals surface area (Å²) in [5.74, 6) is -0.286. The van der Waals surface area contributed by atoms with Crippen LogP contribution < -0.4 is 5.32 Å². The SMILES string of the molecule is OCC/C=C1/C=CC(F)=CN1. The predicted molar refractivity (Wildman–Crippen MR) is 41.3 cm³/mol. The van der Waals surface area contributed by atoms with Gasteiger partial charge in [0, 0.05) is 18.5 Å². The molecule has 1 rings (SSSR count). The van der Waals surface area contributed by atoms with Crippen molar-refractivity contribution in [1.82, 2.24) is 5.32 Å². The van der Waals surface area contributed by atoms with Gasteiger partial charge in [-0.2, -0.15) is 0 Å². The lowest BCUT2D eigenvalue weighted by Gasteiger charge is -2.05. The van der Waals surface area contributed by atoms with E-state index < -0.39 is 0 Å². The Balaban J connectivity index is 2.48. The van der Waals surface area contributed by atoms with Crippen molar-refractivity contribution in [3.63, 3.8) is 0 Å². The van der Waals surface area contributed by atoms with Gasteiger partial charge >= 0.3 is 0 Å². The van der Waals surface area contributed by atoms with E-state index in [1.807, 2.05) is 0 Å². The topological polar surface area (TPSA) is 32.3 Å². The second-order valence-electron chi connectivity index (χ2n) is 2.18. The molecule has 3 heteroatoms. The number of hydrogen-bond acceptors (Lipinski definition) is 2. The average Bonchev–Trinajstić information content (AvgIpc) is 2.04. The number of halogens is 1. The summed E-state index contributed by atoms with van der Waals surface area (Å²) >= 11 is 0. The highest BCUT2D eigenvalue weighted by Gasteiger charge is 1.96. The second-order valence-corrected chi connectivity index (χ2v) is 2.18. The normalized spacial score (nSPS) is 19.8. The molecule has 0 radical (unpaired) electrons. The third kappa shape index (κ3) is 2.55. The lowest BCUT2D eigenvalue weighted by molar-refractivity contribution is 0.302. The summed E-state index contributed by atoms with van der Waals surface area (Å²) in [5, 5.41) is 11.2. The van der Waals surface area contributed by atoms with Crippen LogP contribution in [0.1, 0.15) is 6.42 Å². The minimum Gasteiger partial charge on any atom is -0.396 e. The van der Waals surface area contributed by atoms with E-state index in [0.717, 1.165) is 5.70 Å². The van der Waals surface area contributed by atoms with Gasteiger partial charge in [0.25, 0.3) is 0 Å². The van der Waals surface area contributed by atoms with E-state index in [-0.39, 0.29) is 12.4 Å². The molecule has 0 aliphatic carbocycles. The Hall–Kier alpha value is -1.09. The summed E-state index contributed by atoms with van der Waals surface area (Å²) < 4.78 is 12.3. The number of rotatable bonds is 2. The third-order valence-electron chi connectivity index (χ3n) is 1.29. The van der Waals surface area contributed by atoms with Crippen molar-refractivity contribution in [2.75, 3.05) is 6.61 Å². The van der Waals surface area contributed by atoms with Crippen molar-refractivity contribution < 1.29 is 9.50 Å². The highest BCUT2D eigenvalue weighted by molar-refractivity contribution is 5.29. The van der Waals surface area contributed by atoms with Crippen molar-refractivity contribution in [3.05, 3.63) is 36.0 Å². The van der Waals surface area contributed by atoms with E-state index in [0.29, 0.717) is 6.42 Å². The van der Waals surface area contributed by atoms with Gasteiger partial charge in [0.2, 0.25) is 0 Å². The van der Waals surface area contributed by atoms with Crippen LogP contribution in [0.2, 0.25) is 0 Å². The molecule has 0 fully saturated rings. The van der Waals surface area contributed by atoms with E-state index in [9.17, 15) is 4.39 Å². The molecule has 0 aromatic carbocycles. The molecule has 0 atom stereocenters. The van der Waals surface area contributed by atoms with Gasteiger partial charge < -0.3 is 10.4 Å². The molecule has 1 aliphatic rings. The predicted octanol–water partition coefficient (Wildman–Crippen LogP) is 1.22. The molecule has 0 saturated carbocycles. The van der Waals surface area contributed by atoms with Gasteiger partial charge in [-0.3, -0.25) is 0 Å². The average molecular weight is 155 g/mol. The number of nitrogens with one attached hydrogen (secondary N) is 1. The molecule has 0 bridgehead atoms. The van der Waals surface area contributed by atoms with Crippen LogP contribution in [0.3, 0.4) is 0 Å². The third-order valence-corrected chi connectivity index (χ3v) is 1.29. The number of aliphatic hydroxyl groups is 1. The summed E-state index contributed by atoms with van der Waals surface area (Å²) in [6.45, 7) is 0.116. The first-order chi connectivity index (χ1) is 5.33. The van der Waals surface area contributed by atoms with Gasteiger partial charge in [-0.05, 0) is 18.6 Å². The fourth-order valence-corrected chi connectivity index (χ4v) is 0.765. The Morgan fingerprint density at radius 2 is 2.36 bits per heavy atom. The molecule has 0 spiro atoms. The number of aliphatic hydroxyl groups excluding tert-OH is 1. The number of hydrogen-bond donors (Lipinski definition) is 2. The molecule has 60 valence electrons. The van der Waals surface area contributed by atoms with Gasteiger partial charge in [0.1, 0.15) is 5.83 Å². The summed E-state index contributed by atoms with van der Waals surface area (Å²) in [6.07, 6.45) is 6.68. The maximum atomic E-state index is 12.3. The maximum absolute atomic E-state index is 12.3. The molecule has 11 heavy (non-hydrogen) atoms. The highest BCUT2D eigenvalue weighted by Crippen LogP contribution is 2.07. The van der Waals surface area contributed by atoms with Crippen LogP contribution in [-0.2, 0) is 0 Å². The van der Waals surface area contributed by atoms with Gasteiger partial charge in [0.05, 0.1) is 0 Å². The molecule has 1 heterocycles. The van der Waals surface area contributed by atoms with Crippen molar-refractivity contribution >= 4 is 0 Å². The quantitative estimate of drug-likeness (QED) is 0.628. The Bertz CT molecular complexity index is 218. The van der Waals surface area contributed by atoms with E-state index in [4.69, 9.17) is 5.11 Å². The smallest absolute Gasteiger partial charge is 0.139 e. The Kier molecular flexibility index (Phi) is 2.86. The first kappa shape index (κ1) is 8.01. The summed E-state index contributed by atoms with van der Waals surface area (Å²) in [4.78, 5) is 0. The zero-order valence-electron chi connectivity index (χ0n) is 6.05. The first-order valence-corrected chi connectivity index (χ1v) is 3.44. The molecule has 0 saturated heterocycles. The molecule has 0 aromatic heterocycles. The van der Waals surface area contributed by atoms with Crippen LogP contribution in [0.5, 0.6) is 0 Å². The largest absolute Gasteiger partial charge is 0.396 e. The summed E-state index contributed by atoms with van der Waals surface area (Å²) in [6, 6.07) is 0. The monoisotopic (exact) mass is 155 g/mol. The minimum atomic E-state index is -0.286. The molecule has 0 amide bonds. The van der Waals surface area contributed by atoms with Gasteiger partial charge in [-0.15, -0.1) is 0 Å².